The number of carbonyl (C=O) groups is 1. The Morgan fingerprint density at radius 1 is 1.03 bits per heavy atom. The van der Waals surface area contributed by atoms with E-state index in [1.54, 1.807) is 43.7 Å². The highest BCUT2D eigenvalue weighted by Crippen LogP contribution is 2.28. The Morgan fingerprint density at radius 2 is 1.76 bits per heavy atom. The number of aryl methyl sites for hydroxylation is 1. The highest BCUT2D eigenvalue weighted by atomic mass is 16.5. The molecule has 0 saturated carbocycles. The fourth-order valence-electron chi connectivity index (χ4n) is 2.59. The Kier molecular flexibility index (Phi) is 6.47. The van der Waals surface area contributed by atoms with Crippen molar-refractivity contribution in [2.45, 2.75) is 13.5 Å². The van der Waals surface area contributed by atoms with Crippen LogP contribution in [-0.2, 0) is 6.61 Å². The molecule has 0 unspecified atom stereocenters. The molecule has 0 aliphatic carbocycles. The molecule has 0 fully saturated rings. The molecule has 3 rings (SSSR count). The number of hydrazone groups is 1. The van der Waals surface area contributed by atoms with E-state index in [4.69, 9.17) is 15.2 Å². The fraction of sp³-hybridized carbons (Fsp3) is 0.130. The largest absolute Gasteiger partial charge is 0.493 e. The SMILES string of the molecule is COc1cc(/C=N\NC(=O)c2ccc(N)cc2)ccc1OCc1ccc(C)cc1. The lowest BCUT2D eigenvalue weighted by molar-refractivity contribution is 0.0955. The number of nitrogens with two attached hydrogens (primary N) is 1. The van der Waals surface area contributed by atoms with Crippen LogP contribution in [0.5, 0.6) is 11.5 Å². The van der Waals surface area contributed by atoms with Crippen molar-refractivity contribution >= 4 is 17.8 Å². The first-order valence-electron chi connectivity index (χ1n) is 9.10. The van der Waals surface area contributed by atoms with Crippen LogP contribution in [0.15, 0.2) is 71.8 Å². The molecule has 0 saturated heterocycles. The van der Waals surface area contributed by atoms with Gasteiger partial charge in [0, 0.05) is 11.3 Å². The van der Waals surface area contributed by atoms with E-state index in [1.165, 1.54) is 5.56 Å². The molecule has 0 heterocycles. The van der Waals surface area contributed by atoms with Gasteiger partial charge in [0.2, 0.25) is 0 Å². The Labute approximate surface area is 170 Å². The summed E-state index contributed by atoms with van der Waals surface area (Å²) < 4.78 is 11.3. The van der Waals surface area contributed by atoms with Crippen molar-refractivity contribution in [2.24, 2.45) is 5.10 Å². The van der Waals surface area contributed by atoms with Crippen LogP contribution < -0.4 is 20.6 Å². The minimum Gasteiger partial charge on any atom is -0.493 e. The number of hydrogen-bond donors (Lipinski definition) is 2. The lowest BCUT2D eigenvalue weighted by atomic mass is 10.2. The van der Waals surface area contributed by atoms with Gasteiger partial charge in [0.05, 0.1) is 13.3 Å². The van der Waals surface area contributed by atoms with Gasteiger partial charge in [0.25, 0.3) is 5.91 Å². The first kappa shape index (κ1) is 19.9. The van der Waals surface area contributed by atoms with E-state index in [2.05, 4.69) is 10.5 Å². The van der Waals surface area contributed by atoms with Crippen molar-refractivity contribution in [3.05, 3.63) is 89.0 Å². The molecule has 0 atom stereocenters. The van der Waals surface area contributed by atoms with Gasteiger partial charge in [-0.3, -0.25) is 4.79 Å². The van der Waals surface area contributed by atoms with Gasteiger partial charge in [-0.05, 0) is 60.5 Å². The number of methoxy groups -OCH3 is 1. The summed E-state index contributed by atoms with van der Waals surface area (Å²) >= 11 is 0. The van der Waals surface area contributed by atoms with Crippen molar-refractivity contribution < 1.29 is 14.3 Å². The normalized spacial score (nSPS) is 10.7. The fourth-order valence-corrected chi connectivity index (χ4v) is 2.59. The molecule has 3 aromatic carbocycles. The molecule has 0 aliphatic rings. The molecule has 0 bridgehead atoms. The number of rotatable bonds is 7. The van der Waals surface area contributed by atoms with Crippen LogP contribution >= 0.6 is 0 Å². The van der Waals surface area contributed by atoms with Crippen LogP contribution in [0.4, 0.5) is 5.69 Å². The Morgan fingerprint density at radius 3 is 2.45 bits per heavy atom. The molecule has 1 amide bonds. The molecule has 29 heavy (non-hydrogen) atoms. The van der Waals surface area contributed by atoms with Crippen molar-refractivity contribution in [1.82, 2.24) is 5.43 Å². The van der Waals surface area contributed by atoms with Crippen LogP contribution in [0, 0.1) is 6.92 Å². The number of nitrogen functional groups attached to an aromatic ring is 1. The average molecular weight is 389 g/mol. The maximum absolute atomic E-state index is 12.1. The zero-order valence-electron chi connectivity index (χ0n) is 16.4. The van der Waals surface area contributed by atoms with Gasteiger partial charge >= 0.3 is 0 Å². The number of hydrogen-bond acceptors (Lipinski definition) is 5. The third kappa shape index (κ3) is 5.59. The topological polar surface area (TPSA) is 85.9 Å². The van der Waals surface area contributed by atoms with Crippen molar-refractivity contribution in [3.8, 4) is 11.5 Å². The zero-order valence-corrected chi connectivity index (χ0v) is 16.4. The number of nitrogens with zero attached hydrogens (tertiary/aromatic N) is 1. The Hall–Kier alpha value is -3.80. The van der Waals surface area contributed by atoms with E-state index in [9.17, 15) is 4.79 Å². The second-order valence-corrected chi connectivity index (χ2v) is 6.51. The number of ether oxygens (including phenoxy) is 2. The van der Waals surface area contributed by atoms with Crippen LogP contribution in [-0.4, -0.2) is 19.2 Å². The minimum atomic E-state index is -0.314. The van der Waals surface area contributed by atoms with E-state index in [1.807, 2.05) is 43.3 Å². The van der Waals surface area contributed by atoms with E-state index in [0.717, 1.165) is 11.1 Å². The summed E-state index contributed by atoms with van der Waals surface area (Å²) in [6.07, 6.45) is 1.54. The molecule has 3 aromatic rings. The van der Waals surface area contributed by atoms with Gasteiger partial charge in [-0.15, -0.1) is 0 Å². The predicted molar refractivity (Wildman–Crippen MR) is 114 cm³/mol. The molecule has 6 nitrogen and oxygen atoms in total. The van der Waals surface area contributed by atoms with Gasteiger partial charge in [0.1, 0.15) is 6.61 Å². The lowest BCUT2D eigenvalue weighted by Gasteiger charge is -2.11. The third-order valence-corrected chi connectivity index (χ3v) is 4.26. The molecule has 0 radical (unpaired) electrons. The maximum atomic E-state index is 12.1. The molecule has 3 N–H and O–H groups in total. The van der Waals surface area contributed by atoms with Gasteiger partial charge < -0.3 is 15.2 Å². The van der Waals surface area contributed by atoms with Crippen LogP contribution in [0.25, 0.3) is 0 Å². The third-order valence-electron chi connectivity index (χ3n) is 4.26. The van der Waals surface area contributed by atoms with Gasteiger partial charge in [-0.1, -0.05) is 29.8 Å². The van der Waals surface area contributed by atoms with Gasteiger partial charge in [-0.2, -0.15) is 5.10 Å². The number of nitrogens with one attached hydrogen (secondary N) is 1. The van der Waals surface area contributed by atoms with Crippen LogP contribution in [0.1, 0.15) is 27.0 Å². The molecule has 6 heteroatoms. The lowest BCUT2D eigenvalue weighted by Crippen LogP contribution is -2.17. The van der Waals surface area contributed by atoms with Gasteiger partial charge in [-0.25, -0.2) is 5.43 Å². The van der Waals surface area contributed by atoms with Gasteiger partial charge in [0.15, 0.2) is 11.5 Å². The Bertz CT molecular complexity index is 997. The molecule has 0 aliphatic heterocycles. The standard InChI is InChI=1S/C23H23N3O3/c1-16-3-5-17(6-4-16)15-29-21-12-7-18(13-22(21)28-2)14-25-26-23(27)19-8-10-20(24)11-9-19/h3-14H,15,24H2,1-2H3,(H,26,27)/b25-14-. The Balaban J connectivity index is 1.61. The summed E-state index contributed by atoms with van der Waals surface area (Å²) in [5, 5.41) is 4.00. The smallest absolute Gasteiger partial charge is 0.271 e. The van der Waals surface area contributed by atoms with E-state index in [0.29, 0.717) is 29.4 Å². The molecule has 0 spiro atoms. The number of anilines is 1. The summed E-state index contributed by atoms with van der Waals surface area (Å²) in [7, 11) is 1.58. The second-order valence-electron chi connectivity index (χ2n) is 6.51. The number of benzene rings is 3. The molecular weight excluding hydrogens is 366 g/mol. The van der Waals surface area contributed by atoms with E-state index in [-0.39, 0.29) is 5.91 Å². The van der Waals surface area contributed by atoms with Crippen molar-refractivity contribution in [2.75, 3.05) is 12.8 Å². The molecular formula is C23H23N3O3. The van der Waals surface area contributed by atoms with E-state index < -0.39 is 0 Å². The summed E-state index contributed by atoms with van der Waals surface area (Å²) in [6.45, 7) is 2.49. The van der Waals surface area contributed by atoms with Crippen molar-refractivity contribution in [1.29, 1.82) is 0 Å². The summed E-state index contributed by atoms with van der Waals surface area (Å²) in [4.78, 5) is 12.1. The van der Waals surface area contributed by atoms with Crippen LogP contribution in [0.2, 0.25) is 0 Å². The van der Waals surface area contributed by atoms with Crippen molar-refractivity contribution in [3.63, 3.8) is 0 Å². The van der Waals surface area contributed by atoms with Crippen LogP contribution in [0.3, 0.4) is 0 Å². The summed E-state index contributed by atoms with van der Waals surface area (Å²) in [5.74, 6) is 0.910. The quantitative estimate of drug-likeness (QED) is 0.364. The first-order valence-corrected chi connectivity index (χ1v) is 9.10. The molecule has 148 valence electrons. The highest BCUT2D eigenvalue weighted by molar-refractivity contribution is 5.95. The maximum Gasteiger partial charge on any atom is 0.271 e. The predicted octanol–water partition coefficient (Wildman–Crippen LogP) is 3.93. The molecule has 0 aromatic heterocycles. The zero-order chi connectivity index (χ0) is 20.6. The second kappa shape index (κ2) is 9.41. The average Bonchev–Trinajstić information content (AvgIpc) is 2.74. The van der Waals surface area contributed by atoms with E-state index >= 15 is 0 Å². The number of carbonyl (C=O) groups excluding carboxylic acids is 1. The first-order chi connectivity index (χ1) is 14.0. The monoisotopic (exact) mass is 389 g/mol. The summed E-state index contributed by atoms with van der Waals surface area (Å²) in [6, 6.07) is 20.2. The highest BCUT2D eigenvalue weighted by Gasteiger charge is 2.06. The minimum absolute atomic E-state index is 0.314. The number of amides is 1. The summed E-state index contributed by atoms with van der Waals surface area (Å²) in [5.41, 5.74) is 12.2.